The molecule has 24 heavy (non-hydrogen) atoms. The van der Waals surface area contributed by atoms with Gasteiger partial charge < -0.3 is 4.74 Å². The molecule has 3 aromatic rings. The zero-order chi connectivity index (χ0) is 16.8. The molecule has 1 aromatic heterocycles. The lowest BCUT2D eigenvalue weighted by Gasteiger charge is -2.02. The molecule has 0 aliphatic rings. The predicted octanol–water partition coefficient (Wildman–Crippen LogP) is 3.77. The van der Waals surface area contributed by atoms with Gasteiger partial charge in [0.25, 0.3) is 0 Å². The van der Waals surface area contributed by atoms with Gasteiger partial charge >= 0.3 is 0 Å². The normalized spacial score (nSPS) is 11.1. The van der Waals surface area contributed by atoms with Gasteiger partial charge in [-0.1, -0.05) is 41.6 Å². The molecule has 0 bridgehead atoms. The Morgan fingerprint density at radius 3 is 2.58 bits per heavy atom. The Morgan fingerprint density at radius 2 is 1.88 bits per heavy atom. The standard InChI is InChI=1S/C18H18N4OS/c1-14-3-5-16(6-4-14)12-24-18-21-19-13-22(18)20-11-15-7-9-17(23-2)10-8-15/h3-11,13H,12H2,1-2H3/b20-11+. The van der Waals surface area contributed by atoms with E-state index in [1.54, 1.807) is 36.1 Å². The van der Waals surface area contributed by atoms with Crippen LogP contribution in [0.2, 0.25) is 0 Å². The van der Waals surface area contributed by atoms with E-state index in [0.717, 1.165) is 22.2 Å². The molecule has 0 aliphatic carbocycles. The maximum atomic E-state index is 5.15. The lowest BCUT2D eigenvalue weighted by Crippen LogP contribution is -1.93. The molecule has 3 rings (SSSR count). The summed E-state index contributed by atoms with van der Waals surface area (Å²) in [5.74, 6) is 1.66. The van der Waals surface area contributed by atoms with Crippen LogP contribution in [0.1, 0.15) is 16.7 Å². The molecule has 0 amide bonds. The van der Waals surface area contributed by atoms with Gasteiger partial charge in [0.2, 0.25) is 5.16 Å². The number of nitrogens with zero attached hydrogens (tertiary/aromatic N) is 4. The molecule has 0 aliphatic heterocycles. The molecule has 2 aromatic carbocycles. The van der Waals surface area contributed by atoms with Gasteiger partial charge in [0.05, 0.1) is 13.3 Å². The molecule has 6 heteroatoms. The Balaban J connectivity index is 1.65. The van der Waals surface area contributed by atoms with Gasteiger partial charge in [0.1, 0.15) is 12.1 Å². The highest BCUT2D eigenvalue weighted by Gasteiger charge is 2.04. The van der Waals surface area contributed by atoms with Crippen LogP contribution in [0.5, 0.6) is 5.75 Å². The van der Waals surface area contributed by atoms with Crippen molar-refractivity contribution in [3.05, 3.63) is 71.5 Å². The van der Waals surface area contributed by atoms with E-state index in [2.05, 4.69) is 46.5 Å². The van der Waals surface area contributed by atoms with Crippen molar-refractivity contribution in [1.29, 1.82) is 0 Å². The third-order valence-corrected chi connectivity index (χ3v) is 4.44. The fourth-order valence-electron chi connectivity index (χ4n) is 2.04. The first-order chi connectivity index (χ1) is 11.7. The van der Waals surface area contributed by atoms with Gasteiger partial charge in [-0.25, -0.2) is 0 Å². The average molecular weight is 338 g/mol. The van der Waals surface area contributed by atoms with Crippen LogP contribution in [0, 0.1) is 6.92 Å². The SMILES string of the molecule is COc1ccc(/C=N/n2cnnc2SCc2ccc(C)cc2)cc1. The molecular weight excluding hydrogens is 320 g/mol. The second-order valence-corrected chi connectivity index (χ2v) is 6.19. The van der Waals surface area contributed by atoms with E-state index < -0.39 is 0 Å². The zero-order valence-corrected chi connectivity index (χ0v) is 14.4. The van der Waals surface area contributed by atoms with Crippen LogP contribution in [-0.4, -0.2) is 28.2 Å². The zero-order valence-electron chi connectivity index (χ0n) is 13.6. The van der Waals surface area contributed by atoms with Crippen molar-refractivity contribution in [3.8, 4) is 5.75 Å². The monoisotopic (exact) mass is 338 g/mol. The largest absolute Gasteiger partial charge is 0.497 e. The molecule has 0 spiro atoms. The minimum atomic E-state index is 0.764. The molecule has 0 N–H and O–H groups in total. The van der Waals surface area contributed by atoms with E-state index >= 15 is 0 Å². The lowest BCUT2D eigenvalue weighted by molar-refractivity contribution is 0.415. The van der Waals surface area contributed by atoms with Crippen molar-refractivity contribution in [1.82, 2.24) is 14.9 Å². The van der Waals surface area contributed by atoms with E-state index in [1.807, 2.05) is 24.3 Å². The highest BCUT2D eigenvalue weighted by Crippen LogP contribution is 2.20. The molecule has 0 fully saturated rings. The van der Waals surface area contributed by atoms with E-state index in [1.165, 1.54) is 11.1 Å². The quantitative estimate of drug-likeness (QED) is 0.507. The first-order valence-corrected chi connectivity index (χ1v) is 8.50. The fourth-order valence-corrected chi connectivity index (χ4v) is 2.86. The molecule has 0 saturated heterocycles. The first-order valence-electron chi connectivity index (χ1n) is 7.51. The first kappa shape index (κ1) is 16.3. The number of thioether (sulfide) groups is 1. The van der Waals surface area contributed by atoms with Crippen molar-refractivity contribution in [2.45, 2.75) is 17.8 Å². The van der Waals surface area contributed by atoms with Gasteiger partial charge in [0.15, 0.2) is 0 Å². The van der Waals surface area contributed by atoms with Crippen LogP contribution in [0.15, 0.2) is 65.1 Å². The Bertz CT molecular complexity index is 810. The minimum Gasteiger partial charge on any atom is -0.497 e. The number of hydrogen-bond acceptors (Lipinski definition) is 5. The van der Waals surface area contributed by atoms with E-state index in [9.17, 15) is 0 Å². The lowest BCUT2D eigenvalue weighted by atomic mass is 10.2. The van der Waals surface area contributed by atoms with Crippen LogP contribution >= 0.6 is 11.8 Å². The highest BCUT2D eigenvalue weighted by molar-refractivity contribution is 7.98. The molecule has 0 saturated carbocycles. The van der Waals surface area contributed by atoms with E-state index in [4.69, 9.17) is 4.74 Å². The van der Waals surface area contributed by atoms with Crippen LogP contribution in [0.3, 0.4) is 0 Å². The number of aryl methyl sites for hydroxylation is 1. The highest BCUT2D eigenvalue weighted by atomic mass is 32.2. The van der Waals surface area contributed by atoms with Gasteiger partial charge in [-0.05, 0) is 42.3 Å². The summed E-state index contributed by atoms with van der Waals surface area (Å²) < 4.78 is 6.83. The van der Waals surface area contributed by atoms with E-state index in [-0.39, 0.29) is 0 Å². The Kier molecular flexibility index (Phi) is 5.28. The third kappa shape index (κ3) is 4.23. The van der Waals surface area contributed by atoms with Crippen LogP contribution in [0.25, 0.3) is 0 Å². The molecule has 0 radical (unpaired) electrons. The number of hydrogen-bond donors (Lipinski definition) is 0. The smallest absolute Gasteiger partial charge is 0.212 e. The summed E-state index contributed by atoms with van der Waals surface area (Å²) >= 11 is 1.61. The second kappa shape index (κ2) is 7.79. The predicted molar refractivity (Wildman–Crippen MR) is 96.7 cm³/mol. The Hall–Kier alpha value is -2.60. The van der Waals surface area contributed by atoms with Crippen LogP contribution in [0.4, 0.5) is 0 Å². The van der Waals surface area contributed by atoms with Crippen molar-refractivity contribution < 1.29 is 4.74 Å². The van der Waals surface area contributed by atoms with Crippen molar-refractivity contribution in [3.63, 3.8) is 0 Å². The summed E-state index contributed by atoms with van der Waals surface area (Å²) in [7, 11) is 1.65. The summed E-state index contributed by atoms with van der Waals surface area (Å²) in [5, 5.41) is 13.3. The van der Waals surface area contributed by atoms with Crippen molar-refractivity contribution in [2.75, 3.05) is 7.11 Å². The number of ether oxygens (including phenoxy) is 1. The Morgan fingerprint density at radius 1 is 1.12 bits per heavy atom. The minimum absolute atomic E-state index is 0.764. The van der Waals surface area contributed by atoms with Gasteiger partial charge in [-0.15, -0.1) is 10.2 Å². The molecular formula is C18H18N4OS. The topological polar surface area (TPSA) is 52.3 Å². The number of aromatic nitrogens is 3. The van der Waals surface area contributed by atoms with Crippen LogP contribution < -0.4 is 4.74 Å². The molecule has 1 heterocycles. The maximum Gasteiger partial charge on any atom is 0.212 e. The molecule has 122 valence electrons. The van der Waals surface area contributed by atoms with Gasteiger partial charge in [0, 0.05) is 5.75 Å². The van der Waals surface area contributed by atoms with Crippen LogP contribution in [-0.2, 0) is 5.75 Å². The van der Waals surface area contributed by atoms with Gasteiger partial charge in [-0.2, -0.15) is 9.78 Å². The fraction of sp³-hybridized carbons (Fsp3) is 0.167. The molecule has 5 nitrogen and oxygen atoms in total. The molecule has 0 atom stereocenters. The Labute approximate surface area is 145 Å². The van der Waals surface area contributed by atoms with Gasteiger partial charge in [-0.3, -0.25) is 0 Å². The number of rotatable bonds is 6. The second-order valence-electron chi connectivity index (χ2n) is 5.25. The van der Waals surface area contributed by atoms with Crippen molar-refractivity contribution >= 4 is 18.0 Å². The molecule has 0 unspecified atom stereocenters. The summed E-state index contributed by atoms with van der Waals surface area (Å²) in [4.78, 5) is 0. The number of methoxy groups -OCH3 is 1. The summed E-state index contributed by atoms with van der Waals surface area (Å²) in [5.41, 5.74) is 3.49. The summed E-state index contributed by atoms with van der Waals surface area (Å²) in [6.07, 6.45) is 3.39. The number of benzene rings is 2. The third-order valence-electron chi connectivity index (χ3n) is 3.44. The maximum absolute atomic E-state index is 5.15. The summed E-state index contributed by atoms with van der Waals surface area (Å²) in [6, 6.07) is 16.2. The van der Waals surface area contributed by atoms with E-state index in [0.29, 0.717) is 0 Å². The average Bonchev–Trinajstić information content (AvgIpc) is 3.07. The van der Waals surface area contributed by atoms with Crippen molar-refractivity contribution in [2.24, 2.45) is 5.10 Å². The summed E-state index contributed by atoms with van der Waals surface area (Å²) in [6.45, 7) is 2.08.